The number of nitrogens with zero attached hydrogens (tertiary/aromatic N) is 3. The number of fused-ring (bicyclic) bond motifs is 1. The van der Waals surface area contributed by atoms with E-state index in [9.17, 15) is 0 Å². The zero-order valence-corrected chi connectivity index (χ0v) is 9.98. The van der Waals surface area contributed by atoms with Crippen LogP contribution in [0.3, 0.4) is 0 Å². The molecule has 0 aromatic carbocycles. The summed E-state index contributed by atoms with van der Waals surface area (Å²) in [5.74, 6) is 1.63. The Morgan fingerprint density at radius 3 is 3.00 bits per heavy atom. The molecule has 90 valence electrons. The molecule has 2 heterocycles. The Labute approximate surface area is 100 Å². The summed E-state index contributed by atoms with van der Waals surface area (Å²) in [5.41, 5.74) is 8.60. The van der Waals surface area contributed by atoms with E-state index in [1.54, 1.807) is 0 Å². The number of rotatable bonds is 4. The fourth-order valence-corrected chi connectivity index (χ4v) is 2.02. The largest absolute Gasteiger partial charge is 0.369 e. The van der Waals surface area contributed by atoms with Crippen molar-refractivity contribution < 1.29 is 0 Å². The SMILES string of the molecule is Cc1cc(NCCN)n2nc(C3CC3)cc2n1. The van der Waals surface area contributed by atoms with Crippen LogP contribution in [0.1, 0.15) is 30.1 Å². The van der Waals surface area contributed by atoms with Crippen molar-refractivity contribution in [3.8, 4) is 0 Å². The number of nitrogens with one attached hydrogen (secondary N) is 1. The van der Waals surface area contributed by atoms with Crippen LogP contribution in [0.25, 0.3) is 5.65 Å². The van der Waals surface area contributed by atoms with Crippen LogP contribution in [0.5, 0.6) is 0 Å². The quantitative estimate of drug-likeness (QED) is 0.832. The zero-order valence-electron chi connectivity index (χ0n) is 9.98. The minimum absolute atomic E-state index is 0.611. The molecule has 0 atom stereocenters. The summed E-state index contributed by atoms with van der Waals surface area (Å²) in [7, 11) is 0. The smallest absolute Gasteiger partial charge is 0.157 e. The third-order valence-electron chi connectivity index (χ3n) is 3.02. The second-order valence-corrected chi connectivity index (χ2v) is 4.61. The van der Waals surface area contributed by atoms with Crippen LogP contribution in [-0.4, -0.2) is 27.7 Å². The van der Waals surface area contributed by atoms with Crippen molar-refractivity contribution in [1.82, 2.24) is 14.6 Å². The van der Waals surface area contributed by atoms with Crippen LogP contribution in [0.4, 0.5) is 5.82 Å². The average molecular weight is 231 g/mol. The van der Waals surface area contributed by atoms with Gasteiger partial charge < -0.3 is 11.1 Å². The maximum atomic E-state index is 5.51. The fraction of sp³-hybridized carbons (Fsp3) is 0.500. The van der Waals surface area contributed by atoms with Crippen molar-refractivity contribution in [2.45, 2.75) is 25.7 Å². The molecule has 1 aliphatic rings. The minimum Gasteiger partial charge on any atom is -0.369 e. The van der Waals surface area contributed by atoms with Crippen LogP contribution < -0.4 is 11.1 Å². The monoisotopic (exact) mass is 231 g/mol. The highest BCUT2D eigenvalue weighted by Crippen LogP contribution is 2.39. The molecule has 5 nitrogen and oxygen atoms in total. The number of nitrogens with two attached hydrogens (primary N) is 1. The molecule has 1 aliphatic carbocycles. The van der Waals surface area contributed by atoms with Crippen molar-refractivity contribution >= 4 is 11.5 Å². The van der Waals surface area contributed by atoms with Crippen LogP contribution in [0.2, 0.25) is 0 Å². The Morgan fingerprint density at radius 1 is 1.47 bits per heavy atom. The van der Waals surface area contributed by atoms with Gasteiger partial charge in [-0.2, -0.15) is 9.61 Å². The molecule has 5 heteroatoms. The van der Waals surface area contributed by atoms with Gasteiger partial charge in [-0.3, -0.25) is 0 Å². The Kier molecular flexibility index (Phi) is 2.48. The zero-order chi connectivity index (χ0) is 11.8. The van der Waals surface area contributed by atoms with Gasteiger partial charge in [0.25, 0.3) is 0 Å². The summed E-state index contributed by atoms with van der Waals surface area (Å²) in [6, 6.07) is 4.10. The number of hydrogen-bond donors (Lipinski definition) is 2. The number of aromatic nitrogens is 3. The normalized spacial score (nSPS) is 15.4. The molecule has 1 saturated carbocycles. The molecule has 2 aromatic rings. The Bertz CT molecular complexity index is 541. The molecule has 0 saturated heterocycles. The van der Waals surface area contributed by atoms with Crippen LogP contribution in [0, 0.1) is 6.92 Å². The Hall–Kier alpha value is -1.62. The highest BCUT2D eigenvalue weighted by atomic mass is 15.3. The molecule has 0 aliphatic heterocycles. The van der Waals surface area contributed by atoms with E-state index in [0.717, 1.165) is 23.7 Å². The lowest BCUT2D eigenvalue weighted by atomic mass is 10.3. The number of hydrogen-bond acceptors (Lipinski definition) is 4. The highest BCUT2D eigenvalue weighted by molar-refractivity contribution is 5.51. The topological polar surface area (TPSA) is 68.2 Å². The second kappa shape index (κ2) is 4.00. The van der Waals surface area contributed by atoms with E-state index < -0.39 is 0 Å². The lowest BCUT2D eigenvalue weighted by molar-refractivity contribution is 0.869. The molecular weight excluding hydrogens is 214 g/mol. The summed E-state index contributed by atoms with van der Waals surface area (Å²) in [5, 5.41) is 7.91. The molecule has 17 heavy (non-hydrogen) atoms. The van der Waals surface area contributed by atoms with Gasteiger partial charge in [-0.15, -0.1) is 0 Å². The van der Waals surface area contributed by atoms with E-state index in [-0.39, 0.29) is 0 Å². The van der Waals surface area contributed by atoms with Gasteiger partial charge in [0.2, 0.25) is 0 Å². The Morgan fingerprint density at radius 2 is 2.29 bits per heavy atom. The van der Waals surface area contributed by atoms with Crippen molar-refractivity contribution in [3.63, 3.8) is 0 Å². The van der Waals surface area contributed by atoms with Crippen molar-refractivity contribution in [2.24, 2.45) is 5.73 Å². The lowest BCUT2D eigenvalue weighted by Crippen LogP contribution is -2.15. The summed E-state index contributed by atoms with van der Waals surface area (Å²) < 4.78 is 1.89. The van der Waals surface area contributed by atoms with E-state index in [1.807, 2.05) is 17.5 Å². The van der Waals surface area contributed by atoms with E-state index in [0.29, 0.717) is 12.5 Å². The Balaban J connectivity index is 2.05. The molecule has 3 N–H and O–H groups in total. The third kappa shape index (κ3) is 1.98. The molecule has 0 amide bonds. The van der Waals surface area contributed by atoms with E-state index in [1.165, 1.54) is 18.5 Å². The maximum absolute atomic E-state index is 5.51. The second-order valence-electron chi connectivity index (χ2n) is 4.61. The molecule has 1 fully saturated rings. The third-order valence-corrected chi connectivity index (χ3v) is 3.02. The average Bonchev–Trinajstić information content (AvgIpc) is 3.07. The molecule has 2 aromatic heterocycles. The summed E-state index contributed by atoms with van der Waals surface area (Å²) >= 11 is 0. The van der Waals surface area contributed by atoms with E-state index in [2.05, 4.69) is 21.5 Å². The van der Waals surface area contributed by atoms with Crippen molar-refractivity contribution in [3.05, 3.63) is 23.5 Å². The molecular formula is C12H17N5. The minimum atomic E-state index is 0.611. The van der Waals surface area contributed by atoms with Crippen molar-refractivity contribution in [2.75, 3.05) is 18.4 Å². The first-order valence-corrected chi connectivity index (χ1v) is 6.09. The van der Waals surface area contributed by atoms with Gasteiger partial charge >= 0.3 is 0 Å². The van der Waals surface area contributed by atoms with Gasteiger partial charge in [-0.1, -0.05) is 0 Å². The molecule has 0 unspecified atom stereocenters. The number of anilines is 1. The molecule has 0 bridgehead atoms. The first-order chi connectivity index (χ1) is 8.28. The van der Waals surface area contributed by atoms with E-state index >= 15 is 0 Å². The maximum Gasteiger partial charge on any atom is 0.157 e. The molecule has 0 radical (unpaired) electrons. The summed E-state index contributed by atoms with van der Waals surface area (Å²) in [6.45, 7) is 3.36. The van der Waals surface area contributed by atoms with Gasteiger partial charge in [0, 0.05) is 36.8 Å². The summed E-state index contributed by atoms with van der Waals surface area (Å²) in [6.07, 6.45) is 2.52. The highest BCUT2D eigenvalue weighted by Gasteiger charge is 2.26. The molecule has 3 rings (SSSR count). The van der Waals surface area contributed by atoms with Gasteiger partial charge in [0.1, 0.15) is 5.82 Å². The van der Waals surface area contributed by atoms with Gasteiger partial charge in [-0.05, 0) is 19.8 Å². The number of aryl methyl sites for hydroxylation is 1. The molecule has 0 spiro atoms. The lowest BCUT2D eigenvalue weighted by Gasteiger charge is -2.07. The first-order valence-electron chi connectivity index (χ1n) is 6.09. The predicted molar refractivity (Wildman–Crippen MR) is 67.2 cm³/mol. The van der Waals surface area contributed by atoms with Gasteiger partial charge in [0.05, 0.1) is 5.69 Å². The fourth-order valence-electron chi connectivity index (χ4n) is 2.02. The van der Waals surface area contributed by atoms with Crippen LogP contribution in [-0.2, 0) is 0 Å². The van der Waals surface area contributed by atoms with Gasteiger partial charge in [-0.25, -0.2) is 4.98 Å². The van der Waals surface area contributed by atoms with E-state index in [4.69, 9.17) is 5.73 Å². The summed E-state index contributed by atoms with van der Waals surface area (Å²) in [4.78, 5) is 4.50. The van der Waals surface area contributed by atoms with Crippen molar-refractivity contribution in [1.29, 1.82) is 0 Å². The van der Waals surface area contributed by atoms with Crippen LogP contribution in [0.15, 0.2) is 12.1 Å². The van der Waals surface area contributed by atoms with Crippen LogP contribution >= 0.6 is 0 Å². The predicted octanol–water partition coefficient (Wildman–Crippen LogP) is 1.29. The first kappa shape index (κ1) is 10.5. The standard InChI is InChI=1S/C12H17N5/c1-8-6-11(14-5-4-13)17-12(15-8)7-10(16-17)9-2-3-9/h6-7,9,14H,2-5,13H2,1H3. The van der Waals surface area contributed by atoms with Gasteiger partial charge in [0.15, 0.2) is 5.65 Å².